The smallest absolute Gasteiger partial charge is 0.321 e. The second kappa shape index (κ2) is 10.1. The van der Waals surface area contributed by atoms with Crippen LogP contribution in [0.1, 0.15) is 24.3 Å². The van der Waals surface area contributed by atoms with Gasteiger partial charge in [0.1, 0.15) is 11.6 Å². The quantitative estimate of drug-likeness (QED) is 0.551. The van der Waals surface area contributed by atoms with Gasteiger partial charge in [-0.3, -0.25) is 4.90 Å². The lowest BCUT2D eigenvalue weighted by Gasteiger charge is -2.57. The second-order valence-corrected chi connectivity index (χ2v) is 9.28. The van der Waals surface area contributed by atoms with Gasteiger partial charge in [-0.1, -0.05) is 54.6 Å². The summed E-state index contributed by atoms with van der Waals surface area (Å²) in [5.74, 6) is -1.21. The van der Waals surface area contributed by atoms with Crippen molar-refractivity contribution in [2.75, 3.05) is 31.6 Å². The molecule has 2 saturated heterocycles. The Bertz CT molecular complexity index is 1170. The molecule has 0 saturated carbocycles. The maximum Gasteiger partial charge on any atom is 0.321 e. The van der Waals surface area contributed by atoms with E-state index in [1.807, 2.05) is 18.2 Å². The molecule has 7 heteroatoms. The SMILES string of the molecule is O=C(Nc1cc(F)ccc1F)N1CCCCN2[C@H](CO)[C@H](c3ccc(-c4ccccc4)cc3)[C@@H]2C1. The van der Waals surface area contributed by atoms with Crippen LogP contribution in [0.4, 0.5) is 19.3 Å². The molecular weight excluding hydrogens is 448 g/mol. The van der Waals surface area contributed by atoms with Gasteiger partial charge >= 0.3 is 6.03 Å². The third-order valence-corrected chi connectivity index (χ3v) is 7.23. The van der Waals surface area contributed by atoms with Gasteiger partial charge < -0.3 is 15.3 Å². The van der Waals surface area contributed by atoms with Gasteiger partial charge in [0.25, 0.3) is 0 Å². The molecule has 3 aromatic carbocycles. The van der Waals surface area contributed by atoms with Crippen molar-refractivity contribution in [3.05, 3.63) is 90.0 Å². The van der Waals surface area contributed by atoms with E-state index < -0.39 is 17.7 Å². The summed E-state index contributed by atoms with van der Waals surface area (Å²) in [6.45, 7) is 1.89. The number of halogens is 2. The molecule has 2 N–H and O–H groups in total. The first-order valence-corrected chi connectivity index (χ1v) is 12.1. The van der Waals surface area contributed by atoms with E-state index in [-0.39, 0.29) is 30.3 Å². The van der Waals surface area contributed by atoms with Crippen LogP contribution < -0.4 is 5.32 Å². The number of aliphatic hydroxyl groups is 1. The summed E-state index contributed by atoms with van der Waals surface area (Å²) in [6.07, 6.45) is 1.70. The highest BCUT2D eigenvalue weighted by molar-refractivity contribution is 5.89. The highest BCUT2D eigenvalue weighted by Crippen LogP contribution is 2.42. The number of hydrogen-bond donors (Lipinski definition) is 2. The molecule has 3 atom stereocenters. The van der Waals surface area contributed by atoms with E-state index in [0.717, 1.165) is 54.3 Å². The molecule has 2 aliphatic heterocycles. The Kier molecular flexibility index (Phi) is 6.79. The number of nitrogens with zero attached hydrogens (tertiary/aromatic N) is 2. The van der Waals surface area contributed by atoms with Crippen molar-refractivity contribution in [1.29, 1.82) is 0 Å². The van der Waals surface area contributed by atoms with E-state index in [2.05, 4.69) is 46.6 Å². The molecule has 2 fully saturated rings. The lowest BCUT2D eigenvalue weighted by molar-refractivity contribution is -0.0585. The average molecular weight is 478 g/mol. The van der Waals surface area contributed by atoms with Crippen LogP contribution in [-0.4, -0.2) is 59.3 Å². The van der Waals surface area contributed by atoms with Gasteiger partial charge in [0, 0.05) is 37.2 Å². The standard InChI is InChI=1S/C28H29F2N3O2/c29-22-12-13-23(30)24(16-22)31-28(35)32-14-4-5-15-33-25(17-32)27(26(33)18-34)21-10-8-20(9-11-21)19-6-2-1-3-7-19/h1-3,6-13,16,25-27,34H,4-5,14-15,17-18H2,(H,31,35)/t25-,26+,27+/m0/s1. The molecule has 0 radical (unpaired) electrons. The summed E-state index contributed by atoms with van der Waals surface area (Å²) in [5, 5.41) is 12.7. The normalized spacial score (nSPS) is 22.5. The highest BCUT2D eigenvalue weighted by atomic mass is 19.1. The predicted molar refractivity (Wildman–Crippen MR) is 132 cm³/mol. The Morgan fingerprint density at radius 3 is 2.40 bits per heavy atom. The van der Waals surface area contributed by atoms with Gasteiger partial charge in [-0.15, -0.1) is 0 Å². The first-order chi connectivity index (χ1) is 17.0. The Labute approximate surface area is 204 Å². The number of amides is 2. The monoisotopic (exact) mass is 477 g/mol. The number of urea groups is 1. The van der Waals surface area contributed by atoms with Crippen molar-refractivity contribution in [1.82, 2.24) is 9.80 Å². The van der Waals surface area contributed by atoms with Crippen molar-refractivity contribution in [3.8, 4) is 11.1 Å². The predicted octanol–water partition coefficient (Wildman–Crippen LogP) is 5.09. The van der Waals surface area contributed by atoms with Gasteiger partial charge in [0.05, 0.1) is 12.3 Å². The van der Waals surface area contributed by atoms with Crippen LogP contribution in [0.5, 0.6) is 0 Å². The molecule has 3 aromatic rings. The van der Waals surface area contributed by atoms with Crippen LogP contribution in [0.25, 0.3) is 11.1 Å². The van der Waals surface area contributed by atoms with Crippen LogP contribution in [0, 0.1) is 11.6 Å². The number of rotatable bonds is 4. The lowest BCUT2D eigenvalue weighted by Crippen LogP contribution is -2.68. The molecule has 0 aromatic heterocycles. The summed E-state index contributed by atoms with van der Waals surface area (Å²) in [6, 6.07) is 21.2. The van der Waals surface area contributed by atoms with Gasteiger partial charge in [0.15, 0.2) is 0 Å². The van der Waals surface area contributed by atoms with Gasteiger partial charge in [-0.05, 0) is 48.2 Å². The van der Waals surface area contributed by atoms with E-state index in [0.29, 0.717) is 13.1 Å². The summed E-state index contributed by atoms with van der Waals surface area (Å²) in [4.78, 5) is 17.0. The maximum atomic E-state index is 14.1. The molecule has 0 aliphatic carbocycles. The Morgan fingerprint density at radius 1 is 0.943 bits per heavy atom. The highest BCUT2D eigenvalue weighted by Gasteiger charge is 2.49. The zero-order valence-corrected chi connectivity index (χ0v) is 19.4. The Balaban J connectivity index is 1.35. The number of hydrogen-bond acceptors (Lipinski definition) is 3. The molecule has 2 aliphatic rings. The first kappa shape index (κ1) is 23.5. The zero-order chi connectivity index (χ0) is 24.4. The minimum Gasteiger partial charge on any atom is -0.395 e. The molecule has 0 spiro atoms. The Hall–Kier alpha value is -3.29. The summed E-state index contributed by atoms with van der Waals surface area (Å²) in [5.41, 5.74) is 3.24. The van der Waals surface area contributed by atoms with Gasteiger partial charge in [-0.2, -0.15) is 0 Å². The number of nitrogens with one attached hydrogen (secondary N) is 1. The van der Waals surface area contributed by atoms with E-state index in [4.69, 9.17) is 0 Å². The minimum atomic E-state index is -0.672. The van der Waals surface area contributed by atoms with Crippen molar-refractivity contribution in [2.45, 2.75) is 30.8 Å². The summed E-state index contributed by atoms with van der Waals surface area (Å²) < 4.78 is 27.7. The fourth-order valence-corrected chi connectivity index (χ4v) is 5.44. The number of fused-ring (bicyclic) bond motifs is 1. The molecule has 0 unspecified atom stereocenters. The van der Waals surface area contributed by atoms with Crippen LogP contribution >= 0.6 is 0 Å². The minimum absolute atomic E-state index is 0.00810. The maximum absolute atomic E-state index is 14.1. The summed E-state index contributed by atoms with van der Waals surface area (Å²) in [7, 11) is 0. The number of carbonyl (C=O) groups excluding carboxylic acids is 1. The van der Waals surface area contributed by atoms with E-state index in [1.165, 1.54) is 0 Å². The zero-order valence-electron chi connectivity index (χ0n) is 19.4. The first-order valence-electron chi connectivity index (χ1n) is 12.1. The van der Waals surface area contributed by atoms with Crippen LogP contribution in [0.15, 0.2) is 72.8 Å². The van der Waals surface area contributed by atoms with Crippen molar-refractivity contribution < 1.29 is 18.7 Å². The second-order valence-electron chi connectivity index (χ2n) is 9.28. The molecule has 2 amide bonds. The van der Waals surface area contributed by atoms with Gasteiger partial charge in [-0.25, -0.2) is 13.6 Å². The molecular formula is C28H29F2N3O2. The van der Waals surface area contributed by atoms with Gasteiger partial charge in [0.2, 0.25) is 0 Å². The molecule has 35 heavy (non-hydrogen) atoms. The molecule has 5 rings (SSSR count). The van der Waals surface area contributed by atoms with Crippen LogP contribution in [0.3, 0.4) is 0 Å². The topological polar surface area (TPSA) is 55.8 Å². The van der Waals surface area contributed by atoms with Crippen molar-refractivity contribution >= 4 is 11.7 Å². The van der Waals surface area contributed by atoms with E-state index in [9.17, 15) is 18.7 Å². The molecule has 2 heterocycles. The fraction of sp³-hybridized carbons (Fsp3) is 0.321. The van der Waals surface area contributed by atoms with Crippen LogP contribution in [-0.2, 0) is 0 Å². The van der Waals surface area contributed by atoms with Crippen LogP contribution in [0.2, 0.25) is 0 Å². The number of benzene rings is 3. The van der Waals surface area contributed by atoms with Crippen molar-refractivity contribution in [2.24, 2.45) is 0 Å². The number of aliphatic hydroxyl groups excluding tert-OH is 1. The molecule has 5 nitrogen and oxygen atoms in total. The third kappa shape index (κ3) is 4.79. The number of carbonyl (C=O) groups is 1. The van der Waals surface area contributed by atoms with E-state index >= 15 is 0 Å². The Morgan fingerprint density at radius 2 is 1.66 bits per heavy atom. The third-order valence-electron chi connectivity index (χ3n) is 7.23. The largest absolute Gasteiger partial charge is 0.395 e. The fourth-order valence-electron chi connectivity index (χ4n) is 5.44. The molecule has 0 bridgehead atoms. The average Bonchev–Trinajstić information content (AvgIpc) is 2.86. The number of anilines is 1. The summed E-state index contributed by atoms with van der Waals surface area (Å²) >= 11 is 0. The lowest BCUT2D eigenvalue weighted by atomic mass is 9.74. The molecule has 182 valence electrons. The van der Waals surface area contributed by atoms with E-state index in [1.54, 1.807) is 4.90 Å². The van der Waals surface area contributed by atoms with Crippen molar-refractivity contribution in [3.63, 3.8) is 0 Å².